The van der Waals surface area contributed by atoms with Gasteiger partial charge in [-0.2, -0.15) is 73.2 Å². The van der Waals surface area contributed by atoms with Gasteiger partial charge in [0, 0.05) is 91.3 Å². The summed E-state index contributed by atoms with van der Waals surface area (Å²) in [4.78, 5) is 8.03. The van der Waals surface area contributed by atoms with Gasteiger partial charge in [-0.05, 0) is 263 Å². The Morgan fingerprint density at radius 1 is 0.333 bits per heavy atom. The van der Waals surface area contributed by atoms with E-state index in [1.165, 1.54) is 82.2 Å². The van der Waals surface area contributed by atoms with Crippen LogP contribution in [0.3, 0.4) is 0 Å². The van der Waals surface area contributed by atoms with Gasteiger partial charge in [0.2, 0.25) is 0 Å². The molecule has 0 spiro atoms. The Morgan fingerprint density at radius 2 is 0.674 bits per heavy atom. The van der Waals surface area contributed by atoms with Gasteiger partial charge in [0.25, 0.3) is 0 Å². The quantitative estimate of drug-likeness (QED) is 0.0146. The van der Waals surface area contributed by atoms with Crippen LogP contribution in [0.5, 0.6) is 11.5 Å². The van der Waals surface area contributed by atoms with Crippen molar-refractivity contribution in [1.82, 2.24) is 0 Å². The van der Waals surface area contributed by atoms with Crippen LogP contribution in [0.4, 0.5) is 108 Å². The van der Waals surface area contributed by atoms with Crippen LogP contribution in [0, 0.1) is 6.92 Å². The van der Waals surface area contributed by atoms with Crippen molar-refractivity contribution in [3.8, 4) is 33.8 Å². The maximum Gasteiger partial charge on any atom is 0.534 e. The van der Waals surface area contributed by atoms with Crippen molar-refractivity contribution in [3.05, 3.63) is 423 Å². The second kappa shape index (κ2) is 48.6. The van der Waals surface area contributed by atoms with E-state index in [0.717, 1.165) is 116 Å². The van der Waals surface area contributed by atoms with Crippen LogP contribution in [0.15, 0.2) is 394 Å². The molecule has 15 aromatic carbocycles. The van der Waals surface area contributed by atoms with Crippen LogP contribution >= 0.6 is 97.9 Å². The molecule has 0 heterocycles. The lowest BCUT2D eigenvalue weighted by Crippen LogP contribution is -2.28. The highest BCUT2D eigenvalue weighted by Gasteiger charge is 2.50. The summed E-state index contributed by atoms with van der Waals surface area (Å²) in [5, 5.41) is 0.843. The van der Waals surface area contributed by atoms with Crippen LogP contribution in [0.25, 0.3) is 22.3 Å². The Morgan fingerprint density at radius 3 is 1.10 bits per heavy atom. The van der Waals surface area contributed by atoms with Gasteiger partial charge >= 0.3 is 67.6 Å². The normalized spacial score (nSPS) is 11.6. The molecule has 0 atom stereocenters. The summed E-state index contributed by atoms with van der Waals surface area (Å²) in [5.74, 6) is -0.479. The van der Waals surface area contributed by atoms with Crippen LogP contribution in [0.1, 0.15) is 33.4 Å². The van der Waals surface area contributed by atoms with E-state index in [4.69, 9.17) is 28.4 Å². The second-order valence-electron chi connectivity index (χ2n) is 29.1. The molecule has 0 amide bonds. The Kier molecular flexibility index (Phi) is 37.7. The smallest absolute Gasteiger partial charge is 0.379 e. The van der Waals surface area contributed by atoms with Crippen LogP contribution < -0.4 is 28.0 Å². The lowest BCUT2D eigenvalue weighted by atomic mass is 10.0. The fourth-order valence-electron chi connectivity index (χ4n) is 13.2. The molecule has 39 heteroatoms. The number of hydrogen-bond acceptors (Lipinski definition) is 19. The first kappa shape index (κ1) is 107. The van der Waals surface area contributed by atoms with E-state index in [1.54, 1.807) is 24.3 Å². The van der Waals surface area contributed by atoms with Gasteiger partial charge in [0.15, 0.2) is 0 Å². The number of para-hydroxylation sites is 2. The van der Waals surface area contributed by atoms with Gasteiger partial charge in [-0.1, -0.05) is 256 Å². The molecule has 0 aliphatic carbocycles. The molecular weight excluding hydrogens is 2300 g/mol. The van der Waals surface area contributed by atoms with Crippen LogP contribution in [-0.4, -0.2) is 62.8 Å². The standard InChI is InChI=1S/C31H24ClNO3S.C25H19BrIN.C24H18F9NO9S3.C19H14Br3N.O3S/c32-23-26-22-29(20-21-31(26)36-37(34,35)30-14-8-3-9-15-30)33(27-12-6-2-7-13-27)28-18-16-25(17-19-28)24-10-4-1-5-11-24;26-22-13-16-25(21(17-22)18-27)28(23-9-5-2-6-10-23)24-14-11-20(12-15-24)19-7-3-1-4-8-19;1-15-2-5-20(12-17(15)14-42-45(37,38)23(28,29)30)34(19-8-10-21(11-9-19)43-46(39,40)24(31,32)33)18-6-3-16(4-7-18)13-41-44(35,36)22(25,26)27;20-13-14-2-1-3-19(12-14)23(17-8-4-15(21)5-9-17)18-10-6-16(22)7-11-18;1-4(2)3/h1-22H,23H2;1-17H,18H2;2-12H,13-14H2,1H3;1-12H,13H2;. The zero-order valence-corrected chi connectivity index (χ0v) is 84.8. The predicted molar refractivity (Wildman–Crippen MR) is 542 cm³/mol. The third-order valence-corrected chi connectivity index (χ3v) is 27.3. The number of aryl methyl sites for hydroxylation is 1. The highest BCUT2D eigenvalue weighted by atomic mass is 127. The van der Waals surface area contributed by atoms with E-state index < -0.39 is 86.6 Å². The number of halogens is 15. The minimum atomic E-state index is -6.04. The van der Waals surface area contributed by atoms with Gasteiger partial charge in [-0.15, -0.1) is 24.2 Å². The Labute approximate surface area is 845 Å². The van der Waals surface area contributed by atoms with E-state index in [-0.39, 0.29) is 50.3 Å². The number of nitrogens with zero attached hydrogens (tertiary/aromatic N) is 4. The lowest BCUT2D eigenvalue weighted by Gasteiger charge is -2.27. The van der Waals surface area contributed by atoms with Crippen molar-refractivity contribution in [2.45, 2.75) is 57.2 Å². The maximum atomic E-state index is 12.8. The fourth-order valence-corrected chi connectivity index (χ4v) is 17.6. The summed E-state index contributed by atoms with van der Waals surface area (Å²) in [6.45, 7) is -0.715. The van der Waals surface area contributed by atoms with Gasteiger partial charge in [-0.25, -0.2) is 0 Å². The number of alkyl halides is 12. The topological polar surface area (TPSA) is 238 Å². The maximum absolute atomic E-state index is 12.8. The summed E-state index contributed by atoms with van der Waals surface area (Å²) in [5.41, 5.74) is 0.666. The molecule has 0 aliphatic rings. The molecule has 0 saturated carbocycles. The van der Waals surface area contributed by atoms with Crippen molar-refractivity contribution < 1.29 is 103 Å². The first-order valence-corrected chi connectivity index (χ1v) is 52.5. The molecule has 138 heavy (non-hydrogen) atoms. The summed E-state index contributed by atoms with van der Waals surface area (Å²) in [6.07, 6.45) is 0. The minimum absolute atomic E-state index is 0.0408. The predicted octanol–water partition coefficient (Wildman–Crippen LogP) is 29.8. The molecule has 0 N–H and O–H groups in total. The van der Waals surface area contributed by atoms with Crippen molar-refractivity contribution >= 4 is 217 Å². The molecule has 0 aliphatic heterocycles. The molecular formula is C99H75Br4ClF9IN4O15S5. The average molecular weight is 2370 g/mol. The van der Waals surface area contributed by atoms with E-state index in [0.29, 0.717) is 5.56 Å². The van der Waals surface area contributed by atoms with Gasteiger partial charge in [0.1, 0.15) is 16.4 Å². The van der Waals surface area contributed by atoms with Gasteiger partial charge in [0.05, 0.1) is 24.8 Å². The van der Waals surface area contributed by atoms with Gasteiger partial charge < -0.3 is 28.0 Å². The van der Waals surface area contributed by atoms with E-state index in [9.17, 15) is 73.2 Å². The summed E-state index contributed by atoms with van der Waals surface area (Å²) in [7, 11) is -25.1. The van der Waals surface area contributed by atoms with Crippen LogP contribution in [-0.2, 0) is 88.3 Å². The fraction of sp³-hybridized carbons (Fsp3) is 0.0909. The molecule has 0 bridgehead atoms. The molecule has 0 aromatic heterocycles. The zero-order chi connectivity index (χ0) is 99.8. The highest BCUT2D eigenvalue weighted by molar-refractivity contribution is 14.1. The highest BCUT2D eigenvalue weighted by Crippen LogP contribution is 2.45. The third-order valence-electron chi connectivity index (χ3n) is 19.8. The van der Waals surface area contributed by atoms with Crippen molar-refractivity contribution in [2.24, 2.45) is 0 Å². The Hall–Kier alpha value is -11.3. The lowest BCUT2D eigenvalue weighted by molar-refractivity contribution is -0.0552. The van der Waals surface area contributed by atoms with Crippen molar-refractivity contribution in [1.29, 1.82) is 0 Å². The SMILES string of the molecule is BrCc1cccc(N(c2ccc(Br)cc2)c2ccc(Br)cc2)c1.Brc1ccc(N(c2ccccc2)c2ccc(-c3ccccc3)cc2)c(CI)c1.Cc1ccc(N(c2ccc(COS(=O)(=O)C(F)(F)F)cc2)c2ccc(OS(=O)(=O)C(F)(F)F)cc2)cc1COS(=O)(=O)C(F)(F)F.O=S(=O)(Oc1ccc(N(c2ccccc2)c2ccc(-c3ccccc3)cc2)cc1CCl)c1ccccc1.O=S(=O)=O. The third kappa shape index (κ3) is 29.4. The molecule has 0 radical (unpaired) electrons. The summed E-state index contributed by atoms with van der Waals surface area (Å²) < 4.78 is 255. The Bertz CT molecular complexity index is 7180. The van der Waals surface area contributed by atoms with E-state index >= 15 is 0 Å². The summed E-state index contributed by atoms with van der Waals surface area (Å²) >= 11 is 22.9. The molecule has 716 valence electrons. The van der Waals surface area contributed by atoms with Crippen molar-refractivity contribution in [2.75, 3.05) is 19.6 Å². The number of anilines is 12. The largest absolute Gasteiger partial charge is 0.534 e. The van der Waals surface area contributed by atoms with Crippen molar-refractivity contribution in [3.63, 3.8) is 0 Å². The monoisotopic (exact) mass is 2370 g/mol. The molecule has 15 rings (SSSR count). The molecule has 0 saturated heterocycles. The Balaban J connectivity index is 0.000000179. The number of benzene rings is 15. The van der Waals surface area contributed by atoms with Crippen LogP contribution in [0.2, 0.25) is 0 Å². The first-order valence-electron chi connectivity index (χ1n) is 40.3. The number of rotatable bonds is 28. The molecule has 19 nitrogen and oxygen atoms in total. The summed E-state index contributed by atoms with van der Waals surface area (Å²) in [6, 6.07) is 116. The molecule has 0 unspecified atom stereocenters. The molecule has 15 aromatic rings. The second-order valence-corrected chi connectivity index (χ2v) is 40.1. The van der Waals surface area contributed by atoms with Gasteiger partial charge in [-0.3, -0.25) is 8.37 Å². The van der Waals surface area contributed by atoms with E-state index in [2.05, 4.69) is 320 Å². The average Bonchev–Trinajstić information content (AvgIpc) is 0.820. The zero-order valence-electron chi connectivity index (χ0n) is 71.5. The minimum Gasteiger partial charge on any atom is -0.379 e. The first-order chi connectivity index (χ1) is 65.6. The number of hydrogen-bond donors (Lipinski definition) is 0. The van der Waals surface area contributed by atoms with E-state index in [1.807, 2.05) is 66.7 Å². The molecule has 0 fully saturated rings.